The van der Waals surface area contributed by atoms with Crippen LogP contribution in [0.3, 0.4) is 0 Å². The van der Waals surface area contributed by atoms with Crippen molar-refractivity contribution in [1.82, 2.24) is 9.80 Å². The molecule has 27 heavy (non-hydrogen) atoms. The van der Waals surface area contributed by atoms with Crippen molar-refractivity contribution in [1.29, 1.82) is 0 Å². The molecule has 0 radical (unpaired) electrons. The SMILES string of the molecule is CC(=O)N(CC(=O)N1CCc2sccc2C1COc1ccccc1)C1CC1. The monoisotopic (exact) mass is 384 g/mol. The molecule has 1 aromatic carbocycles. The van der Waals surface area contributed by atoms with Crippen LogP contribution in [-0.4, -0.2) is 47.4 Å². The first-order chi connectivity index (χ1) is 13.1. The lowest BCUT2D eigenvalue weighted by molar-refractivity contribution is -0.142. The summed E-state index contributed by atoms with van der Waals surface area (Å²) in [6, 6.07) is 11.9. The molecule has 1 unspecified atom stereocenters. The summed E-state index contributed by atoms with van der Waals surface area (Å²) in [4.78, 5) is 30.0. The van der Waals surface area contributed by atoms with Crippen molar-refractivity contribution in [3.8, 4) is 5.75 Å². The molecule has 1 aliphatic heterocycles. The number of benzene rings is 1. The number of ether oxygens (including phenoxy) is 1. The van der Waals surface area contributed by atoms with Gasteiger partial charge in [0, 0.05) is 24.4 Å². The molecule has 5 nitrogen and oxygen atoms in total. The zero-order valence-corrected chi connectivity index (χ0v) is 16.3. The highest BCUT2D eigenvalue weighted by Crippen LogP contribution is 2.34. The Kier molecular flexibility index (Phi) is 5.16. The molecule has 142 valence electrons. The smallest absolute Gasteiger partial charge is 0.242 e. The van der Waals surface area contributed by atoms with E-state index in [9.17, 15) is 9.59 Å². The van der Waals surface area contributed by atoms with Crippen molar-refractivity contribution in [2.75, 3.05) is 19.7 Å². The van der Waals surface area contributed by atoms with Gasteiger partial charge in [0.25, 0.3) is 0 Å². The van der Waals surface area contributed by atoms with E-state index in [0.717, 1.165) is 25.0 Å². The van der Waals surface area contributed by atoms with E-state index in [2.05, 4.69) is 11.4 Å². The van der Waals surface area contributed by atoms with Crippen molar-refractivity contribution in [3.63, 3.8) is 0 Å². The topological polar surface area (TPSA) is 49.9 Å². The minimum atomic E-state index is -0.110. The van der Waals surface area contributed by atoms with Crippen LogP contribution in [0.1, 0.15) is 36.2 Å². The van der Waals surface area contributed by atoms with Crippen LogP contribution in [0.4, 0.5) is 0 Å². The summed E-state index contributed by atoms with van der Waals surface area (Å²) in [6.45, 7) is 2.81. The normalized spacial score (nSPS) is 18.7. The Morgan fingerprint density at radius 2 is 2.00 bits per heavy atom. The molecule has 2 amide bonds. The number of carbonyl (C=O) groups is 2. The maximum atomic E-state index is 13.1. The fourth-order valence-corrected chi connectivity index (χ4v) is 4.61. The number of para-hydroxylation sites is 1. The maximum Gasteiger partial charge on any atom is 0.242 e. The summed E-state index contributed by atoms with van der Waals surface area (Å²) in [6.07, 6.45) is 2.87. The minimum absolute atomic E-state index is 0.00983. The third-order valence-corrected chi connectivity index (χ3v) is 6.26. The maximum absolute atomic E-state index is 13.1. The number of hydrogen-bond donors (Lipinski definition) is 0. The summed E-state index contributed by atoms with van der Waals surface area (Å²) >= 11 is 1.74. The van der Waals surface area contributed by atoms with Crippen LogP contribution < -0.4 is 4.74 Å². The molecule has 4 rings (SSSR count). The molecule has 0 spiro atoms. The zero-order chi connectivity index (χ0) is 18.8. The Morgan fingerprint density at radius 1 is 1.22 bits per heavy atom. The number of hydrogen-bond acceptors (Lipinski definition) is 4. The Bertz CT molecular complexity index is 816. The minimum Gasteiger partial charge on any atom is -0.491 e. The molecule has 1 aromatic heterocycles. The molecular weight excluding hydrogens is 360 g/mol. The molecule has 6 heteroatoms. The van der Waals surface area contributed by atoms with Crippen LogP contribution in [0.5, 0.6) is 5.75 Å². The highest BCUT2D eigenvalue weighted by atomic mass is 32.1. The molecule has 1 saturated carbocycles. The first-order valence-corrected chi connectivity index (χ1v) is 10.3. The number of thiophene rings is 1. The van der Waals surface area contributed by atoms with E-state index in [1.54, 1.807) is 23.2 Å². The van der Waals surface area contributed by atoms with Gasteiger partial charge in [-0.05, 0) is 48.4 Å². The number of amides is 2. The zero-order valence-electron chi connectivity index (χ0n) is 15.5. The number of carbonyl (C=O) groups excluding carboxylic acids is 2. The molecule has 1 atom stereocenters. The number of fused-ring (bicyclic) bond motifs is 1. The van der Waals surface area contributed by atoms with Crippen molar-refractivity contribution < 1.29 is 14.3 Å². The Balaban J connectivity index is 1.51. The van der Waals surface area contributed by atoms with Crippen LogP contribution in [0.2, 0.25) is 0 Å². The molecule has 2 aromatic rings. The molecule has 1 aliphatic carbocycles. The lowest BCUT2D eigenvalue weighted by Crippen LogP contribution is -2.48. The Morgan fingerprint density at radius 3 is 2.70 bits per heavy atom. The van der Waals surface area contributed by atoms with Gasteiger partial charge in [-0.2, -0.15) is 0 Å². The van der Waals surface area contributed by atoms with Crippen molar-refractivity contribution in [2.45, 2.75) is 38.3 Å². The Hall–Kier alpha value is -2.34. The van der Waals surface area contributed by atoms with Crippen LogP contribution in [0, 0.1) is 0 Å². The quantitative estimate of drug-likeness (QED) is 0.768. The van der Waals surface area contributed by atoms with Gasteiger partial charge in [-0.1, -0.05) is 18.2 Å². The van der Waals surface area contributed by atoms with Gasteiger partial charge in [-0.25, -0.2) is 0 Å². The molecule has 0 N–H and O–H groups in total. The summed E-state index contributed by atoms with van der Waals surface area (Å²) in [5, 5.41) is 2.08. The third kappa shape index (κ3) is 4.00. The van der Waals surface area contributed by atoms with Gasteiger partial charge in [-0.15, -0.1) is 11.3 Å². The van der Waals surface area contributed by atoms with Gasteiger partial charge >= 0.3 is 0 Å². The van der Waals surface area contributed by atoms with Gasteiger partial charge in [-0.3, -0.25) is 9.59 Å². The van der Waals surface area contributed by atoms with Gasteiger partial charge in [0.15, 0.2) is 0 Å². The highest BCUT2D eigenvalue weighted by molar-refractivity contribution is 7.10. The molecule has 0 bridgehead atoms. The predicted octanol–water partition coefficient (Wildman–Crippen LogP) is 3.26. The lowest BCUT2D eigenvalue weighted by Gasteiger charge is -2.37. The van der Waals surface area contributed by atoms with E-state index in [0.29, 0.717) is 13.2 Å². The number of nitrogens with zero attached hydrogens (tertiary/aromatic N) is 2. The standard InChI is InChI=1S/C21H24N2O3S/c1-15(24)23(16-7-8-16)13-21(25)22-11-9-20-18(10-12-27-20)19(22)14-26-17-5-3-2-4-6-17/h2-6,10,12,16,19H,7-9,11,13-14H2,1H3. The van der Waals surface area contributed by atoms with E-state index in [4.69, 9.17) is 4.74 Å². The molecule has 1 fully saturated rings. The van der Waals surface area contributed by atoms with Crippen molar-refractivity contribution in [3.05, 3.63) is 52.2 Å². The third-order valence-electron chi connectivity index (χ3n) is 5.26. The fourth-order valence-electron chi connectivity index (χ4n) is 3.69. The molecule has 2 aliphatic rings. The van der Waals surface area contributed by atoms with Crippen LogP contribution in [0.15, 0.2) is 41.8 Å². The lowest BCUT2D eigenvalue weighted by atomic mass is 10.0. The van der Waals surface area contributed by atoms with E-state index in [-0.39, 0.29) is 30.4 Å². The first-order valence-electron chi connectivity index (χ1n) is 9.44. The summed E-state index contributed by atoms with van der Waals surface area (Å²) < 4.78 is 5.99. The van der Waals surface area contributed by atoms with E-state index in [1.807, 2.05) is 35.2 Å². The molecule has 0 saturated heterocycles. The molecular formula is C21H24N2O3S. The number of rotatable bonds is 6. The van der Waals surface area contributed by atoms with Crippen LogP contribution in [-0.2, 0) is 16.0 Å². The van der Waals surface area contributed by atoms with Gasteiger partial charge in [0.2, 0.25) is 11.8 Å². The van der Waals surface area contributed by atoms with Gasteiger partial charge in [0.05, 0.1) is 6.04 Å². The average molecular weight is 385 g/mol. The van der Waals surface area contributed by atoms with Crippen LogP contribution >= 0.6 is 11.3 Å². The predicted molar refractivity (Wildman–Crippen MR) is 105 cm³/mol. The average Bonchev–Trinajstić information content (AvgIpc) is 3.40. The summed E-state index contributed by atoms with van der Waals surface area (Å²) in [7, 11) is 0. The summed E-state index contributed by atoms with van der Waals surface area (Å²) in [5.41, 5.74) is 1.18. The van der Waals surface area contributed by atoms with E-state index >= 15 is 0 Å². The first kappa shape index (κ1) is 18.0. The largest absolute Gasteiger partial charge is 0.491 e. The van der Waals surface area contributed by atoms with E-state index in [1.165, 1.54) is 10.4 Å². The second kappa shape index (κ2) is 7.72. The van der Waals surface area contributed by atoms with Gasteiger partial charge in [0.1, 0.15) is 18.9 Å². The van der Waals surface area contributed by atoms with Gasteiger partial charge < -0.3 is 14.5 Å². The van der Waals surface area contributed by atoms with Crippen LogP contribution in [0.25, 0.3) is 0 Å². The van der Waals surface area contributed by atoms with Crippen molar-refractivity contribution >= 4 is 23.2 Å². The summed E-state index contributed by atoms with van der Waals surface area (Å²) in [5.74, 6) is 0.794. The van der Waals surface area contributed by atoms with E-state index < -0.39 is 0 Å². The highest BCUT2D eigenvalue weighted by Gasteiger charge is 2.36. The second-order valence-electron chi connectivity index (χ2n) is 7.15. The fraction of sp³-hybridized carbons (Fsp3) is 0.429. The molecule has 2 heterocycles. The second-order valence-corrected chi connectivity index (χ2v) is 8.15. The van der Waals surface area contributed by atoms with Crippen molar-refractivity contribution in [2.24, 2.45) is 0 Å². The Labute approximate surface area is 163 Å².